The van der Waals surface area contributed by atoms with Crippen molar-refractivity contribution >= 4 is 21.8 Å². The summed E-state index contributed by atoms with van der Waals surface area (Å²) in [6.07, 6.45) is 2.89. The molecule has 0 aliphatic rings. The van der Waals surface area contributed by atoms with Crippen LogP contribution in [0.25, 0.3) is 0 Å². The maximum Gasteiger partial charge on any atom is 0.259 e. The van der Waals surface area contributed by atoms with Crippen LogP contribution in [0.5, 0.6) is 0 Å². The summed E-state index contributed by atoms with van der Waals surface area (Å²) in [5.74, 6) is 0.300. The minimum absolute atomic E-state index is 0.116. The Kier molecular flexibility index (Phi) is 3.66. The predicted molar refractivity (Wildman–Crippen MR) is 69.3 cm³/mol. The number of aromatic nitrogens is 1. The largest absolute Gasteiger partial charge is 0.452 e. The summed E-state index contributed by atoms with van der Waals surface area (Å²) in [7, 11) is 1.62. The fourth-order valence-electron chi connectivity index (χ4n) is 1.53. The van der Waals surface area contributed by atoms with Gasteiger partial charge in [0.05, 0.1) is 6.54 Å². The summed E-state index contributed by atoms with van der Waals surface area (Å²) in [4.78, 5) is 27.7. The number of nitrogens with zero attached hydrogens (tertiary/aromatic N) is 1. The van der Waals surface area contributed by atoms with Crippen molar-refractivity contribution in [2.75, 3.05) is 7.05 Å². The summed E-state index contributed by atoms with van der Waals surface area (Å²) in [5, 5.41) is 0. The van der Waals surface area contributed by atoms with E-state index in [2.05, 4.69) is 20.9 Å². The number of aromatic amines is 1. The van der Waals surface area contributed by atoms with Crippen LogP contribution >= 0.6 is 15.9 Å². The van der Waals surface area contributed by atoms with Gasteiger partial charge in [0.1, 0.15) is 11.3 Å². The molecule has 2 aromatic rings. The first-order chi connectivity index (χ1) is 8.58. The Bertz CT molecular complexity index is 618. The van der Waals surface area contributed by atoms with Crippen LogP contribution in [0.1, 0.15) is 16.1 Å². The van der Waals surface area contributed by atoms with Gasteiger partial charge in [0.15, 0.2) is 10.1 Å². The minimum Gasteiger partial charge on any atom is -0.452 e. The Morgan fingerprint density at radius 3 is 2.83 bits per heavy atom. The molecule has 5 nitrogen and oxygen atoms in total. The highest BCUT2D eigenvalue weighted by Gasteiger charge is 2.16. The number of amides is 1. The van der Waals surface area contributed by atoms with Crippen LogP contribution in [-0.4, -0.2) is 22.8 Å². The maximum absolute atomic E-state index is 12.0. The average Bonchev–Trinajstić information content (AvgIpc) is 2.74. The molecule has 0 bridgehead atoms. The summed E-state index contributed by atoms with van der Waals surface area (Å²) in [6.45, 7) is 0.304. The molecule has 0 aromatic carbocycles. The zero-order valence-corrected chi connectivity index (χ0v) is 11.2. The van der Waals surface area contributed by atoms with Gasteiger partial charge in [-0.15, -0.1) is 0 Å². The number of hydrogen-bond acceptors (Lipinski definition) is 3. The average molecular weight is 311 g/mol. The van der Waals surface area contributed by atoms with Crippen LogP contribution in [-0.2, 0) is 6.54 Å². The molecule has 0 saturated carbocycles. The van der Waals surface area contributed by atoms with Crippen molar-refractivity contribution < 1.29 is 9.21 Å². The molecule has 1 N–H and O–H groups in total. The lowest BCUT2D eigenvalue weighted by Crippen LogP contribution is -2.30. The molecule has 0 radical (unpaired) electrons. The molecule has 94 valence electrons. The van der Waals surface area contributed by atoms with Crippen molar-refractivity contribution in [3.63, 3.8) is 0 Å². The van der Waals surface area contributed by atoms with E-state index in [1.54, 1.807) is 19.2 Å². The van der Waals surface area contributed by atoms with Gasteiger partial charge in [0, 0.05) is 25.5 Å². The van der Waals surface area contributed by atoms with E-state index in [9.17, 15) is 9.59 Å². The third-order valence-corrected chi connectivity index (χ3v) is 2.85. The molecule has 0 aliphatic carbocycles. The van der Waals surface area contributed by atoms with E-state index < -0.39 is 0 Å². The molecule has 2 rings (SSSR count). The van der Waals surface area contributed by atoms with Crippen molar-refractivity contribution in [2.24, 2.45) is 0 Å². The molecule has 0 aliphatic heterocycles. The lowest BCUT2D eigenvalue weighted by Gasteiger charge is -2.14. The van der Waals surface area contributed by atoms with Gasteiger partial charge in [-0.05, 0) is 28.1 Å². The van der Waals surface area contributed by atoms with Gasteiger partial charge < -0.3 is 14.3 Å². The van der Waals surface area contributed by atoms with E-state index in [0.29, 0.717) is 17.0 Å². The fourth-order valence-corrected chi connectivity index (χ4v) is 1.87. The number of carbonyl (C=O) groups is 1. The van der Waals surface area contributed by atoms with E-state index >= 15 is 0 Å². The van der Waals surface area contributed by atoms with E-state index in [1.807, 2.05) is 0 Å². The lowest BCUT2D eigenvalue weighted by molar-refractivity contribution is 0.0773. The summed E-state index contributed by atoms with van der Waals surface area (Å²) in [6, 6.07) is 4.84. The van der Waals surface area contributed by atoms with Crippen LogP contribution in [0.15, 0.2) is 44.5 Å². The molecule has 0 atom stereocenters. The first kappa shape index (κ1) is 12.6. The number of hydrogen-bond donors (Lipinski definition) is 1. The number of halogens is 1. The molecule has 2 heterocycles. The van der Waals surface area contributed by atoms with Crippen LogP contribution in [0, 0.1) is 0 Å². The molecule has 0 saturated heterocycles. The topological polar surface area (TPSA) is 66.3 Å². The summed E-state index contributed by atoms with van der Waals surface area (Å²) in [5.41, 5.74) is -0.183. The smallest absolute Gasteiger partial charge is 0.259 e. The van der Waals surface area contributed by atoms with E-state index in [1.165, 1.54) is 23.4 Å². The zero-order chi connectivity index (χ0) is 13.1. The molecular formula is C12H11BrN2O3. The molecular weight excluding hydrogens is 300 g/mol. The van der Waals surface area contributed by atoms with Gasteiger partial charge in [0.2, 0.25) is 0 Å². The number of furan rings is 1. The summed E-state index contributed by atoms with van der Waals surface area (Å²) >= 11 is 3.19. The normalized spacial score (nSPS) is 10.3. The van der Waals surface area contributed by atoms with Crippen molar-refractivity contribution in [3.8, 4) is 0 Å². The monoisotopic (exact) mass is 310 g/mol. The predicted octanol–water partition coefficient (Wildman–Crippen LogP) is 2.00. The van der Waals surface area contributed by atoms with E-state index in [4.69, 9.17) is 4.42 Å². The van der Waals surface area contributed by atoms with Gasteiger partial charge in [-0.2, -0.15) is 0 Å². The molecule has 18 heavy (non-hydrogen) atoms. The number of nitrogens with one attached hydrogen (secondary N) is 1. The Balaban J connectivity index is 2.15. The Morgan fingerprint density at radius 2 is 2.22 bits per heavy atom. The number of rotatable bonds is 3. The molecule has 0 unspecified atom stereocenters. The number of pyridine rings is 1. The van der Waals surface area contributed by atoms with Gasteiger partial charge in [0.25, 0.3) is 5.91 Å². The third kappa shape index (κ3) is 2.70. The van der Waals surface area contributed by atoms with E-state index in [-0.39, 0.29) is 16.9 Å². The van der Waals surface area contributed by atoms with Crippen LogP contribution < -0.4 is 5.43 Å². The molecule has 0 fully saturated rings. The second-order valence-electron chi connectivity index (χ2n) is 3.79. The highest BCUT2D eigenvalue weighted by molar-refractivity contribution is 9.10. The van der Waals surface area contributed by atoms with Gasteiger partial charge in [-0.1, -0.05) is 0 Å². The van der Waals surface area contributed by atoms with Crippen LogP contribution in [0.2, 0.25) is 0 Å². The highest BCUT2D eigenvalue weighted by atomic mass is 79.9. The Morgan fingerprint density at radius 1 is 1.44 bits per heavy atom. The number of carbonyl (C=O) groups excluding carboxylic acids is 1. The molecule has 6 heteroatoms. The standard InChI is InChI=1S/C12H11BrN2O3/c1-15(7-8-2-3-11(13)18-8)12(17)9-6-14-5-4-10(9)16/h2-6H,7H2,1H3,(H,14,16). The van der Waals surface area contributed by atoms with Gasteiger partial charge in [-0.25, -0.2) is 0 Å². The van der Waals surface area contributed by atoms with Gasteiger partial charge >= 0.3 is 0 Å². The van der Waals surface area contributed by atoms with Crippen molar-refractivity contribution in [2.45, 2.75) is 6.54 Å². The maximum atomic E-state index is 12.0. The third-order valence-electron chi connectivity index (χ3n) is 2.42. The van der Waals surface area contributed by atoms with Crippen molar-refractivity contribution in [3.05, 3.63) is 56.8 Å². The first-order valence-corrected chi connectivity index (χ1v) is 6.04. The van der Waals surface area contributed by atoms with Crippen molar-refractivity contribution in [1.82, 2.24) is 9.88 Å². The Hall–Kier alpha value is -1.82. The second-order valence-corrected chi connectivity index (χ2v) is 4.57. The first-order valence-electron chi connectivity index (χ1n) is 5.24. The second kappa shape index (κ2) is 5.22. The minimum atomic E-state index is -0.343. The Labute approximate surface area is 112 Å². The summed E-state index contributed by atoms with van der Waals surface area (Å²) < 4.78 is 5.91. The lowest BCUT2D eigenvalue weighted by atomic mass is 10.2. The van der Waals surface area contributed by atoms with Crippen LogP contribution in [0.4, 0.5) is 0 Å². The molecule has 2 aromatic heterocycles. The van der Waals surface area contributed by atoms with Crippen molar-refractivity contribution in [1.29, 1.82) is 0 Å². The zero-order valence-electron chi connectivity index (χ0n) is 9.64. The SMILES string of the molecule is CN(Cc1ccc(Br)o1)C(=O)c1c[nH]ccc1=O. The van der Waals surface area contributed by atoms with Crippen LogP contribution in [0.3, 0.4) is 0 Å². The molecule has 1 amide bonds. The quantitative estimate of drug-likeness (QED) is 0.943. The van der Waals surface area contributed by atoms with E-state index in [0.717, 1.165) is 0 Å². The number of H-pyrrole nitrogens is 1. The fraction of sp³-hybridized carbons (Fsp3) is 0.167. The highest BCUT2D eigenvalue weighted by Crippen LogP contribution is 2.15. The van der Waals surface area contributed by atoms with Gasteiger partial charge in [-0.3, -0.25) is 9.59 Å². The molecule has 0 spiro atoms.